The third kappa shape index (κ3) is 4.09. The fraction of sp³-hybridized carbons (Fsp3) is 0.174. The van der Waals surface area contributed by atoms with Crippen LogP contribution >= 0.6 is 0 Å². The number of rotatable bonds is 5. The Hall–Kier alpha value is -2.96. The van der Waals surface area contributed by atoms with Crippen LogP contribution in [0.1, 0.15) is 23.2 Å². The topological polar surface area (TPSA) is 66.5 Å². The van der Waals surface area contributed by atoms with Gasteiger partial charge in [0.05, 0.1) is 4.90 Å². The first-order valence-corrected chi connectivity index (χ1v) is 11.1. The number of hydrogen-bond acceptors (Lipinski definition) is 3. The average molecular weight is 407 g/mol. The van der Waals surface area contributed by atoms with Crippen molar-refractivity contribution in [3.05, 3.63) is 84.4 Å². The van der Waals surface area contributed by atoms with E-state index >= 15 is 0 Å². The summed E-state index contributed by atoms with van der Waals surface area (Å²) in [5.74, 6) is -0.278. The van der Waals surface area contributed by atoms with Crippen LogP contribution in [0.4, 0.5) is 5.69 Å². The fourth-order valence-corrected chi connectivity index (χ4v) is 5.12. The van der Waals surface area contributed by atoms with Crippen molar-refractivity contribution >= 4 is 21.6 Å². The number of nitrogens with zero attached hydrogens (tertiary/aromatic N) is 1. The third-order valence-electron chi connectivity index (χ3n) is 5.05. The highest BCUT2D eigenvalue weighted by atomic mass is 32.2. The van der Waals surface area contributed by atoms with Crippen molar-refractivity contribution in [1.82, 2.24) is 4.31 Å². The molecule has 0 aromatic heterocycles. The number of nitrogens with one attached hydrogen (secondary N) is 1. The van der Waals surface area contributed by atoms with E-state index in [1.165, 1.54) is 10.4 Å². The standard InChI is InChI=1S/C23H22N2O3S/c26-23(22-14-5-4-13-21(22)18-9-2-1-3-10-18)24-19-11-8-12-20(17-19)29(27,28)25-15-6-7-16-25/h1-5,8-14,17H,6-7,15-16H2,(H,24,26). The first-order valence-electron chi connectivity index (χ1n) is 9.62. The summed E-state index contributed by atoms with van der Waals surface area (Å²) in [6.07, 6.45) is 1.76. The Morgan fingerprint density at radius 1 is 0.828 bits per heavy atom. The number of amides is 1. The highest BCUT2D eigenvalue weighted by molar-refractivity contribution is 7.89. The molecule has 4 rings (SSSR count). The molecule has 29 heavy (non-hydrogen) atoms. The van der Waals surface area contributed by atoms with E-state index in [-0.39, 0.29) is 10.8 Å². The van der Waals surface area contributed by atoms with Crippen molar-refractivity contribution in [2.24, 2.45) is 0 Å². The summed E-state index contributed by atoms with van der Waals surface area (Å²) >= 11 is 0. The molecule has 1 saturated heterocycles. The Kier molecular flexibility index (Phi) is 5.47. The van der Waals surface area contributed by atoms with Gasteiger partial charge in [-0.15, -0.1) is 0 Å². The minimum Gasteiger partial charge on any atom is -0.322 e. The van der Waals surface area contributed by atoms with Crippen LogP contribution in [0.3, 0.4) is 0 Å². The van der Waals surface area contributed by atoms with Gasteiger partial charge in [0.25, 0.3) is 5.91 Å². The molecule has 0 aliphatic carbocycles. The summed E-state index contributed by atoms with van der Waals surface area (Å²) in [7, 11) is -3.53. The van der Waals surface area contributed by atoms with Crippen molar-refractivity contribution in [1.29, 1.82) is 0 Å². The number of anilines is 1. The Labute approximate surface area is 171 Å². The molecule has 1 aliphatic rings. The lowest BCUT2D eigenvalue weighted by molar-refractivity contribution is 0.102. The molecule has 0 unspecified atom stereocenters. The monoisotopic (exact) mass is 406 g/mol. The third-order valence-corrected chi connectivity index (χ3v) is 6.95. The fourth-order valence-electron chi connectivity index (χ4n) is 3.56. The lowest BCUT2D eigenvalue weighted by atomic mass is 9.99. The molecular weight excluding hydrogens is 384 g/mol. The van der Waals surface area contributed by atoms with E-state index < -0.39 is 10.0 Å². The van der Waals surface area contributed by atoms with Crippen molar-refractivity contribution < 1.29 is 13.2 Å². The molecule has 0 radical (unpaired) electrons. The van der Waals surface area contributed by atoms with Gasteiger partial charge in [-0.3, -0.25) is 4.79 Å². The molecule has 0 spiro atoms. The molecule has 3 aromatic rings. The first-order chi connectivity index (χ1) is 14.1. The number of hydrogen-bond donors (Lipinski definition) is 1. The Morgan fingerprint density at radius 3 is 2.28 bits per heavy atom. The molecule has 1 N–H and O–H groups in total. The van der Waals surface area contributed by atoms with Gasteiger partial charge in [0.15, 0.2) is 0 Å². The average Bonchev–Trinajstić information content (AvgIpc) is 3.30. The summed E-state index contributed by atoms with van der Waals surface area (Å²) in [6, 6.07) is 23.5. The predicted molar refractivity (Wildman–Crippen MR) is 114 cm³/mol. The van der Waals surface area contributed by atoms with Crippen LogP contribution in [0.15, 0.2) is 83.8 Å². The lowest BCUT2D eigenvalue weighted by Gasteiger charge is -2.16. The van der Waals surface area contributed by atoms with Crippen LogP contribution < -0.4 is 5.32 Å². The zero-order valence-electron chi connectivity index (χ0n) is 15.9. The van der Waals surface area contributed by atoms with Crippen molar-refractivity contribution in [2.75, 3.05) is 18.4 Å². The SMILES string of the molecule is O=C(Nc1cccc(S(=O)(=O)N2CCCC2)c1)c1ccccc1-c1ccccc1. The van der Waals surface area contributed by atoms with Gasteiger partial charge in [0.2, 0.25) is 10.0 Å². The second-order valence-corrected chi connectivity index (χ2v) is 8.94. The Morgan fingerprint density at radius 2 is 1.52 bits per heavy atom. The van der Waals surface area contributed by atoms with Crippen molar-refractivity contribution in [3.8, 4) is 11.1 Å². The second kappa shape index (κ2) is 8.19. The van der Waals surface area contributed by atoms with E-state index in [2.05, 4.69) is 5.32 Å². The molecule has 0 atom stereocenters. The molecule has 0 saturated carbocycles. The summed E-state index contributed by atoms with van der Waals surface area (Å²) < 4.78 is 27.1. The molecule has 148 valence electrons. The highest BCUT2D eigenvalue weighted by Gasteiger charge is 2.27. The Balaban J connectivity index is 1.61. The molecule has 1 aliphatic heterocycles. The number of sulfonamides is 1. The number of benzene rings is 3. The summed E-state index contributed by atoms with van der Waals surface area (Å²) in [4.78, 5) is 13.2. The normalized spacial score (nSPS) is 14.6. The van der Waals surface area contributed by atoms with Crippen LogP contribution in [0.2, 0.25) is 0 Å². The van der Waals surface area contributed by atoms with E-state index in [1.807, 2.05) is 48.5 Å². The molecular formula is C23H22N2O3S. The van der Waals surface area contributed by atoms with E-state index in [0.717, 1.165) is 24.0 Å². The van der Waals surface area contributed by atoms with E-state index in [4.69, 9.17) is 0 Å². The molecule has 1 heterocycles. The zero-order chi connectivity index (χ0) is 20.3. The number of carbonyl (C=O) groups excluding carboxylic acids is 1. The second-order valence-electron chi connectivity index (χ2n) is 7.00. The first kappa shape index (κ1) is 19.4. The smallest absolute Gasteiger partial charge is 0.256 e. The van der Waals surface area contributed by atoms with Crippen molar-refractivity contribution in [2.45, 2.75) is 17.7 Å². The van der Waals surface area contributed by atoms with Gasteiger partial charge in [0, 0.05) is 24.3 Å². The summed E-state index contributed by atoms with van der Waals surface area (Å²) in [5.41, 5.74) is 2.76. The molecule has 0 bridgehead atoms. The summed E-state index contributed by atoms with van der Waals surface area (Å²) in [5, 5.41) is 2.85. The van der Waals surface area contributed by atoms with Crippen LogP contribution in [-0.4, -0.2) is 31.7 Å². The van der Waals surface area contributed by atoms with Gasteiger partial charge in [-0.1, -0.05) is 54.6 Å². The van der Waals surface area contributed by atoms with Crippen LogP contribution in [0.5, 0.6) is 0 Å². The van der Waals surface area contributed by atoms with Crippen LogP contribution in [-0.2, 0) is 10.0 Å². The minimum absolute atomic E-state index is 0.202. The maximum absolute atomic E-state index is 13.0. The molecule has 6 heteroatoms. The highest BCUT2D eigenvalue weighted by Crippen LogP contribution is 2.26. The molecule has 1 fully saturated rings. The van der Waals surface area contributed by atoms with Gasteiger partial charge in [-0.2, -0.15) is 4.31 Å². The van der Waals surface area contributed by atoms with Crippen molar-refractivity contribution in [3.63, 3.8) is 0 Å². The molecule has 3 aromatic carbocycles. The quantitative estimate of drug-likeness (QED) is 0.683. The van der Waals surface area contributed by atoms with Gasteiger partial charge >= 0.3 is 0 Å². The maximum Gasteiger partial charge on any atom is 0.256 e. The predicted octanol–water partition coefficient (Wildman–Crippen LogP) is 4.39. The lowest BCUT2D eigenvalue weighted by Crippen LogP contribution is -2.27. The van der Waals surface area contributed by atoms with Crippen LogP contribution in [0.25, 0.3) is 11.1 Å². The van der Waals surface area contributed by atoms with Crippen LogP contribution in [0, 0.1) is 0 Å². The number of carbonyl (C=O) groups is 1. The van der Waals surface area contributed by atoms with E-state index in [9.17, 15) is 13.2 Å². The largest absolute Gasteiger partial charge is 0.322 e. The van der Waals surface area contributed by atoms with E-state index in [1.54, 1.807) is 24.3 Å². The molecule has 5 nitrogen and oxygen atoms in total. The van der Waals surface area contributed by atoms with Gasteiger partial charge in [-0.05, 0) is 48.2 Å². The minimum atomic E-state index is -3.53. The van der Waals surface area contributed by atoms with E-state index in [0.29, 0.717) is 24.3 Å². The molecule has 1 amide bonds. The summed E-state index contributed by atoms with van der Waals surface area (Å²) in [6.45, 7) is 1.09. The maximum atomic E-state index is 13.0. The Bertz CT molecular complexity index is 1120. The zero-order valence-corrected chi connectivity index (χ0v) is 16.7. The van der Waals surface area contributed by atoms with Gasteiger partial charge in [0.1, 0.15) is 0 Å². The van der Waals surface area contributed by atoms with Gasteiger partial charge in [-0.25, -0.2) is 8.42 Å². The van der Waals surface area contributed by atoms with Gasteiger partial charge < -0.3 is 5.32 Å².